The van der Waals surface area contributed by atoms with Crippen molar-refractivity contribution in [2.75, 3.05) is 0 Å². The summed E-state index contributed by atoms with van der Waals surface area (Å²) in [7, 11) is 0. The Hall–Kier alpha value is -2.57. The molecule has 0 spiro atoms. The summed E-state index contributed by atoms with van der Waals surface area (Å²) < 4.78 is 5.41. The van der Waals surface area contributed by atoms with Gasteiger partial charge in [-0.25, -0.2) is 4.79 Å². The molecule has 0 aliphatic heterocycles. The van der Waals surface area contributed by atoms with E-state index in [2.05, 4.69) is 10.6 Å². The molecule has 0 saturated heterocycles. The normalized spacial score (nSPS) is 14.4. The standard InChI is InChI=1S/C27H45N3O4/c1-12-20(8)30(25(32)22(16(2)3)29-26(33)34-27(9,10)11)23(24(31)28-17(4)5)21-14-18(6)13-19(7)15-21/h13-17,20,22-23H,12H2,1-11H3,(H,28,31)(H,29,33). The first kappa shape index (κ1) is 29.5. The number of ether oxygens (including phenoxy) is 1. The highest BCUT2D eigenvalue weighted by molar-refractivity contribution is 5.92. The molecule has 3 amide bonds. The third-order valence-electron chi connectivity index (χ3n) is 5.44. The van der Waals surface area contributed by atoms with Crippen LogP contribution < -0.4 is 10.6 Å². The lowest BCUT2D eigenvalue weighted by molar-refractivity contribution is -0.146. The third kappa shape index (κ3) is 8.65. The van der Waals surface area contributed by atoms with Gasteiger partial charge in [0.2, 0.25) is 11.8 Å². The molecule has 7 nitrogen and oxygen atoms in total. The van der Waals surface area contributed by atoms with Gasteiger partial charge in [0.15, 0.2) is 0 Å². The molecule has 1 aromatic carbocycles. The maximum atomic E-state index is 14.0. The Morgan fingerprint density at radius 2 is 1.47 bits per heavy atom. The number of hydrogen-bond acceptors (Lipinski definition) is 4. The summed E-state index contributed by atoms with van der Waals surface area (Å²) in [6.07, 6.45) is -0.00238. The van der Waals surface area contributed by atoms with Crippen LogP contribution in [0.2, 0.25) is 0 Å². The van der Waals surface area contributed by atoms with Crippen LogP contribution in [0, 0.1) is 19.8 Å². The molecule has 0 saturated carbocycles. The van der Waals surface area contributed by atoms with Crippen molar-refractivity contribution < 1.29 is 19.1 Å². The fourth-order valence-electron chi connectivity index (χ4n) is 3.87. The summed E-state index contributed by atoms with van der Waals surface area (Å²) in [5.41, 5.74) is 2.09. The fraction of sp³-hybridized carbons (Fsp3) is 0.667. The smallest absolute Gasteiger partial charge is 0.408 e. The zero-order valence-corrected chi connectivity index (χ0v) is 22.9. The van der Waals surface area contributed by atoms with E-state index in [0.29, 0.717) is 6.42 Å². The third-order valence-corrected chi connectivity index (χ3v) is 5.44. The maximum Gasteiger partial charge on any atom is 0.408 e. The van der Waals surface area contributed by atoms with E-state index in [1.54, 1.807) is 25.7 Å². The summed E-state index contributed by atoms with van der Waals surface area (Å²) in [4.78, 5) is 41.8. The van der Waals surface area contributed by atoms with Crippen LogP contribution in [0.5, 0.6) is 0 Å². The summed E-state index contributed by atoms with van der Waals surface area (Å²) in [5.74, 6) is -0.758. The Bertz CT molecular complexity index is 838. The zero-order valence-electron chi connectivity index (χ0n) is 22.9. The van der Waals surface area contributed by atoms with Gasteiger partial charge in [-0.15, -0.1) is 0 Å². The molecule has 34 heavy (non-hydrogen) atoms. The van der Waals surface area contributed by atoms with Crippen LogP contribution in [0.15, 0.2) is 18.2 Å². The van der Waals surface area contributed by atoms with E-state index in [1.807, 2.05) is 73.6 Å². The number of benzene rings is 1. The van der Waals surface area contributed by atoms with Crippen LogP contribution in [0.3, 0.4) is 0 Å². The van der Waals surface area contributed by atoms with E-state index < -0.39 is 23.8 Å². The van der Waals surface area contributed by atoms with Crippen LogP contribution in [-0.4, -0.2) is 46.5 Å². The predicted molar refractivity (Wildman–Crippen MR) is 137 cm³/mol. The Labute approximate surface area is 206 Å². The molecule has 0 aromatic heterocycles. The van der Waals surface area contributed by atoms with Gasteiger partial charge in [0, 0.05) is 12.1 Å². The fourth-order valence-corrected chi connectivity index (χ4v) is 3.87. The molecule has 0 aliphatic carbocycles. The number of amides is 3. The minimum Gasteiger partial charge on any atom is -0.444 e. The number of nitrogens with one attached hydrogen (secondary N) is 2. The second-order valence-corrected chi connectivity index (χ2v) is 10.9. The Morgan fingerprint density at radius 3 is 1.88 bits per heavy atom. The quantitative estimate of drug-likeness (QED) is 0.523. The van der Waals surface area contributed by atoms with E-state index in [0.717, 1.165) is 16.7 Å². The van der Waals surface area contributed by atoms with Gasteiger partial charge >= 0.3 is 6.09 Å². The van der Waals surface area contributed by atoms with Crippen molar-refractivity contribution in [3.63, 3.8) is 0 Å². The molecular formula is C27H45N3O4. The van der Waals surface area contributed by atoms with Gasteiger partial charge in [-0.1, -0.05) is 50.1 Å². The van der Waals surface area contributed by atoms with Crippen molar-refractivity contribution in [2.24, 2.45) is 5.92 Å². The molecule has 0 bridgehead atoms. The Kier molecular flexibility index (Phi) is 10.6. The van der Waals surface area contributed by atoms with Gasteiger partial charge < -0.3 is 20.3 Å². The predicted octanol–water partition coefficient (Wildman–Crippen LogP) is 5.05. The average Bonchev–Trinajstić information content (AvgIpc) is 2.66. The first-order valence-electron chi connectivity index (χ1n) is 12.3. The van der Waals surface area contributed by atoms with Gasteiger partial charge in [-0.05, 0) is 73.3 Å². The molecule has 192 valence electrons. The second kappa shape index (κ2) is 12.2. The number of nitrogens with zero attached hydrogens (tertiary/aromatic N) is 1. The number of carbonyl (C=O) groups is 3. The van der Waals surface area contributed by atoms with Gasteiger partial charge in [0.25, 0.3) is 0 Å². The van der Waals surface area contributed by atoms with Crippen molar-refractivity contribution in [3.05, 3.63) is 34.9 Å². The molecule has 3 atom stereocenters. The lowest BCUT2D eigenvalue weighted by Gasteiger charge is -2.39. The van der Waals surface area contributed by atoms with Crippen molar-refractivity contribution in [2.45, 2.75) is 112 Å². The van der Waals surface area contributed by atoms with Crippen LogP contribution in [0.4, 0.5) is 4.79 Å². The number of alkyl carbamates (subject to hydrolysis) is 1. The van der Waals surface area contributed by atoms with Crippen molar-refractivity contribution in [3.8, 4) is 0 Å². The van der Waals surface area contributed by atoms with Crippen LogP contribution >= 0.6 is 0 Å². The highest BCUT2D eigenvalue weighted by Crippen LogP contribution is 2.29. The highest BCUT2D eigenvalue weighted by atomic mass is 16.6. The molecule has 0 aliphatic rings. The highest BCUT2D eigenvalue weighted by Gasteiger charge is 2.39. The number of carbonyl (C=O) groups excluding carboxylic acids is 3. The lowest BCUT2D eigenvalue weighted by atomic mass is 9.94. The number of rotatable bonds is 9. The molecule has 0 fully saturated rings. The largest absolute Gasteiger partial charge is 0.444 e. The second-order valence-electron chi connectivity index (χ2n) is 10.9. The van der Waals surface area contributed by atoms with Crippen molar-refractivity contribution >= 4 is 17.9 Å². The first-order chi connectivity index (χ1) is 15.6. The molecule has 1 aromatic rings. The SMILES string of the molecule is CCC(C)N(C(=O)C(NC(=O)OC(C)(C)C)C(C)C)C(C(=O)NC(C)C)c1cc(C)cc(C)c1. The van der Waals surface area contributed by atoms with Crippen LogP contribution in [0.1, 0.15) is 91.5 Å². The number of aryl methyl sites for hydroxylation is 2. The van der Waals surface area contributed by atoms with Gasteiger partial charge in [0.1, 0.15) is 17.7 Å². The van der Waals surface area contributed by atoms with E-state index in [-0.39, 0.29) is 29.8 Å². The van der Waals surface area contributed by atoms with Gasteiger partial charge in [0.05, 0.1) is 0 Å². The summed E-state index contributed by atoms with van der Waals surface area (Å²) in [6.45, 7) is 20.7. The molecule has 1 rings (SSSR count). The minimum absolute atomic E-state index is 0.0874. The molecule has 0 heterocycles. The molecule has 7 heteroatoms. The Morgan fingerprint density at radius 1 is 0.941 bits per heavy atom. The van der Waals surface area contributed by atoms with E-state index in [4.69, 9.17) is 4.74 Å². The molecule has 2 N–H and O–H groups in total. The van der Waals surface area contributed by atoms with Crippen LogP contribution in [-0.2, 0) is 14.3 Å². The van der Waals surface area contributed by atoms with Crippen molar-refractivity contribution in [1.29, 1.82) is 0 Å². The lowest BCUT2D eigenvalue weighted by Crippen LogP contribution is -2.57. The van der Waals surface area contributed by atoms with E-state index in [1.165, 1.54) is 0 Å². The monoisotopic (exact) mass is 475 g/mol. The number of hydrogen-bond donors (Lipinski definition) is 2. The van der Waals surface area contributed by atoms with Crippen molar-refractivity contribution in [1.82, 2.24) is 15.5 Å². The van der Waals surface area contributed by atoms with Gasteiger partial charge in [-0.3, -0.25) is 9.59 Å². The summed E-state index contributed by atoms with van der Waals surface area (Å²) in [5, 5.41) is 5.75. The molecule has 0 radical (unpaired) electrons. The Balaban J connectivity index is 3.57. The first-order valence-corrected chi connectivity index (χ1v) is 12.3. The summed E-state index contributed by atoms with van der Waals surface area (Å²) >= 11 is 0. The van der Waals surface area contributed by atoms with Crippen LogP contribution in [0.25, 0.3) is 0 Å². The zero-order chi connectivity index (χ0) is 26.4. The topological polar surface area (TPSA) is 87.7 Å². The molecular weight excluding hydrogens is 430 g/mol. The summed E-state index contributed by atoms with van der Waals surface area (Å²) in [6, 6.07) is 3.94. The van der Waals surface area contributed by atoms with E-state index in [9.17, 15) is 14.4 Å². The average molecular weight is 476 g/mol. The maximum absolute atomic E-state index is 14.0. The molecule has 3 unspecified atom stereocenters. The van der Waals surface area contributed by atoms with Gasteiger partial charge in [-0.2, -0.15) is 0 Å². The van der Waals surface area contributed by atoms with E-state index >= 15 is 0 Å². The minimum atomic E-state index is -0.843.